The van der Waals surface area contributed by atoms with Crippen LogP contribution in [0.15, 0.2) is 29.1 Å². The number of nitrogens with zero attached hydrogens (tertiary/aromatic N) is 3. The summed E-state index contributed by atoms with van der Waals surface area (Å²) in [5.74, 6) is 1.19. The highest BCUT2D eigenvalue weighted by Gasteiger charge is 2.12. The van der Waals surface area contributed by atoms with Crippen molar-refractivity contribution in [1.82, 2.24) is 9.78 Å². The number of ether oxygens (including phenoxy) is 2. The average Bonchev–Trinajstić information content (AvgIpc) is 2.47. The van der Waals surface area contributed by atoms with Crippen LogP contribution in [-0.2, 0) is 0 Å². The van der Waals surface area contributed by atoms with Gasteiger partial charge in [-0.25, -0.2) is 4.68 Å². The second kappa shape index (κ2) is 5.45. The van der Waals surface area contributed by atoms with E-state index in [-0.39, 0.29) is 5.69 Å². The molecule has 0 fully saturated rings. The molecule has 0 radical (unpaired) electrons. The van der Waals surface area contributed by atoms with E-state index in [9.17, 15) is 4.79 Å². The molecule has 1 aromatic heterocycles. The van der Waals surface area contributed by atoms with Crippen LogP contribution < -0.4 is 14.9 Å². The summed E-state index contributed by atoms with van der Waals surface area (Å²) < 4.78 is 11.9. The smallest absolute Gasteiger partial charge is 0.218 e. The Morgan fingerprint density at radius 3 is 2.60 bits per heavy atom. The zero-order chi connectivity index (χ0) is 14.7. The maximum Gasteiger partial charge on any atom is 0.218 e. The molecule has 20 heavy (non-hydrogen) atoms. The number of methoxy groups -OCH3 is 2. The van der Waals surface area contributed by atoms with Crippen molar-refractivity contribution in [1.29, 1.82) is 5.26 Å². The zero-order valence-electron chi connectivity index (χ0n) is 11.4. The van der Waals surface area contributed by atoms with Gasteiger partial charge in [-0.05, 0) is 19.1 Å². The second-order valence-corrected chi connectivity index (χ2v) is 4.06. The molecule has 0 unspecified atom stereocenters. The molecule has 0 saturated carbocycles. The summed E-state index contributed by atoms with van der Waals surface area (Å²) in [7, 11) is 3.09. The van der Waals surface area contributed by atoms with E-state index in [1.165, 1.54) is 17.9 Å². The Balaban J connectivity index is 2.73. The third-order valence-corrected chi connectivity index (χ3v) is 2.83. The Hall–Kier alpha value is -2.81. The third kappa shape index (κ3) is 2.34. The van der Waals surface area contributed by atoms with Gasteiger partial charge in [0, 0.05) is 17.8 Å². The predicted octanol–water partition coefficient (Wildman–Crippen LogP) is 1.43. The van der Waals surface area contributed by atoms with Gasteiger partial charge in [0.1, 0.15) is 23.3 Å². The Morgan fingerprint density at radius 2 is 2.00 bits per heavy atom. The van der Waals surface area contributed by atoms with Crippen molar-refractivity contribution in [2.24, 2.45) is 0 Å². The molecule has 0 aliphatic carbocycles. The summed E-state index contributed by atoms with van der Waals surface area (Å²) in [6.07, 6.45) is 0. The topological polar surface area (TPSA) is 77.1 Å². The first-order valence-corrected chi connectivity index (χ1v) is 5.84. The highest BCUT2D eigenvalue weighted by Crippen LogP contribution is 2.27. The maximum atomic E-state index is 11.6. The Morgan fingerprint density at radius 1 is 1.25 bits per heavy atom. The maximum absolute atomic E-state index is 11.6. The molecule has 0 amide bonds. The zero-order valence-corrected chi connectivity index (χ0v) is 11.4. The molecular formula is C14H13N3O3. The number of aromatic nitrogens is 2. The van der Waals surface area contributed by atoms with Gasteiger partial charge in [-0.2, -0.15) is 10.4 Å². The van der Waals surface area contributed by atoms with E-state index < -0.39 is 5.43 Å². The molecule has 0 aliphatic rings. The SMILES string of the molecule is COc1ccc(OC)c(-n2nc(C#N)c(=O)cc2C)c1. The summed E-state index contributed by atoms with van der Waals surface area (Å²) in [4.78, 5) is 11.6. The molecule has 1 aromatic carbocycles. The highest BCUT2D eigenvalue weighted by molar-refractivity contribution is 5.51. The molecule has 2 rings (SSSR count). The first-order chi connectivity index (χ1) is 9.60. The third-order valence-electron chi connectivity index (χ3n) is 2.83. The average molecular weight is 271 g/mol. The molecule has 0 N–H and O–H groups in total. The summed E-state index contributed by atoms with van der Waals surface area (Å²) in [6.45, 7) is 1.73. The van der Waals surface area contributed by atoms with Gasteiger partial charge in [0.25, 0.3) is 0 Å². The molecule has 0 bridgehead atoms. The molecule has 6 nitrogen and oxygen atoms in total. The minimum Gasteiger partial charge on any atom is -0.497 e. The van der Waals surface area contributed by atoms with Gasteiger partial charge < -0.3 is 9.47 Å². The van der Waals surface area contributed by atoms with Gasteiger partial charge >= 0.3 is 0 Å². The monoisotopic (exact) mass is 271 g/mol. The van der Waals surface area contributed by atoms with Gasteiger partial charge in [0.2, 0.25) is 11.1 Å². The van der Waals surface area contributed by atoms with Gasteiger partial charge in [-0.3, -0.25) is 4.79 Å². The van der Waals surface area contributed by atoms with E-state index in [1.807, 2.05) is 0 Å². The standard InChI is InChI=1S/C14H13N3O3/c1-9-6-13(18)11(8-15)16-17(9)12-7-10(19-2)4-5-14(12)20-3/h4-7H,1-3H3. The van der Waals surface area contributed by atoms with Crippen molar-refractivity contribution in [3.63, 3.8) is 0 Å². The first-order valence-electron chi connectivity index (χ1n) is 5.84. The van der Waals surface area contributed by atoms with Crippen molar-refractivity contribution in [2.45, 2.75) is 6.92 Å². The molecule has 6 heteroatoms. The van der Waals surface area contributed by atoms with E-state index in [0.29, 0.717) is 22.9 Å². The van der Waals surface area contributed by atoms with Crippen LogP contribution in [0, 0.1) is 18.3 Å². The lowest BCUT2D eigenvalue weighted by atomic mass is 10.2. The molecular weight excluding hydrogens is 258 g/mol. The van der Waals surface area contributed by atoms with E-state index in [1.54, 1.807) is 38.3 Å². The summed E-state index contributed by atoms with van der Waals surface area (Å²) in [6, 6.07) is 8.37. The van der Waals surface area contributed by atoms with Gasteiger partial charge in [-0.1, -0.05) is 0 Å². The lowest BCUT2D eigenvalue weighted by Gasteiger charge is -2.14. The fourth-order valence-corrected chi connectivity index (χ4v) is 1.83. The molecule has 2 aromatic rings. The van der Waals surface area contributed by atoms with Crippen LogP contribution in [0.3, 0.4) is 0 Å². The normalized spacial score (nSPS) is 9.90. The Bertz CT molecular complexity index is 744. The minimum absolute atomic E-state index is 0.166. The first kappa shape index (κ1) is 13.6. The number of hydrogen-bond acceptors (Lipinski definition) is 5. The quantitative estimate of drug-likeness (QED) is 0.844. The van der Waals surface area contributed by atoms with Crippen LogP contribution in [0.2, 0.25) is 0 Å². The predicted molar refractivity (Wildman–Crippen MR) is 72.4 cm³/mol. The molecule has 0 spiro atoms. The number of hydrogen-bond donors (Lipinski definition) is 0. The van der Waals surface area contributed by atoms with E-state index >= 15 is 0 Å². The lowest BCUT2D eigenvalue weighted by Crippen LogP contribution is -2.17. The van der Waals surface area contributed by atoms with E-state index in [2.05, 4.69) is 5.10 Å². The van der Waals surface area contributed by atoms with Crippen LogP contribution in [0.4, 0.5) is 0 Å². The highest BCUT2D eigenvalue weighted by atomic mass is 16.5. The largest absolute Gasteiger partial charge is 0.497 e. The molecule has 0 aliphatic heterocycles. The molecule has 0 atom stereocenters. The number of nitriles is 1. The van der Waals surface area contributed by atoms with Gasteiger partial charge in [-0.15, -0.1) is 0 Å². The fraction of sp³-hybridized carbons (Fsp3) is 0.214. The van der Waals surface area contributed by atoms with Crippen LogP contribution in [0.1, 0.15) is 11.4 Å². The minimum atomic E-state index is -0.400. The van der Waals surface area contributed by atoms with E-state index in [4.69, 9.17) is 14.7 Å². The van der Waals surface area contributed by atoms with Crippen LogP contribution in [-0.4, -0.2) is 24.0 Å². The van der Waals surface area contributed by atoms with Crippen molar-refractivity contribution < 1.29 is 9.47 Å². The van der Waals surface area contributed by atoms with Crippen LogP contribution >= 0.6 is 0 Å². The molecule has 1 heterocycles. The van der Waals surface area contributed by atoms with Crippen molar-refractivity contribution in [3.05, 3.63) is 45.9 Å². The summed E-state index contributed by atoms with van der Waals surface area (Å²) >= 11 is 0. The fourth-order valence-electron chi connectivity index (χ4n) is 1.83. The number of rotatable bonds is 3. The number of benzene rings is 1. The van der Waals surface area contributed by atoms with Gasteiger partial charge in [0.05, 0.1) is 14.2 Å². The van der Waals surface area contributed by atoms with Crippen molar-refractivity contribution >= 4 is 0 Å². The van der Waals surface area contributed by atoms with Crippen LogP contribution in [0.5, 0.6) is 11.5 Å². The molecule has 102 valence electrons. The Labute approximate surface area is 115 Å². The summed E-state index contributed by atoms with van der Waals surface area (Å²) in [5.41, 5.74) is 0.630. The second-order valence-electron chi connectivity index (χ2n) is 4.06. The number of aryl methyl sites for hydroxylation is 1. The molecule has 0 saturated heterocycles. The van der Waals surface area contributed by atoms with Crippen molar-refractivity contribution in [2.75, 3.05) is 14.2 Å². The Kier molecular flexibility index (Phi) is 3.71. The van der Waals surface area contributed by atoms with Crippen LogP contribution in [0.25, 0.3) is 5.69 Å². The van der Waals surface area contributed by atoms with Gasteiger partial charge in [0.15, 0.2) is 0 Å². The van der Waals surface area contributed by atoms with Crippen molar-refractivity contribution in [3.8, 4) is 23.3 Å². The summed E-state index contributed by atoms with van der Waals surface area (Å²) in [5, 5.41) is 13.0. The lowest BCUT2D eigenvalue weighted by molar-refractivity contribution is 0.400. The van der Waals surface area contributed by atoms with E-state index in [0.717, 1.165) is 0 Å².